The average molecular weight is 243 g/mol. The SMILES string of the molecule is NOCCONC(=O)CCN1C(=O)C=CC1=O. The van der Waals surface area contributed by atoms with E-state index in [0.29, 0.717) is 0 Å². The van der Waals surface area contributed by atoms with Crippen molar-refractivity contribution in [1.29, 1.82) is 0 Å². The van der Waals surface area contributed by atoms with Crippen molar-refractivity contribution in [2.24, 2.45) is 5.90 Å². The molecule has 3 N–H and O–H groups in total. The van der Waals surface area contributed by atoms with Crippen LogP contribution in [0.4, 0.5) is 0 Å². The number of carbonyl (C=O) groups is 3. The Labute approximate surface area is 97.2 Å². The monoisotopic (exact) mass is 243 g/mol. The number of nitrogens with one attached hydrogen (secondary N) is 1. The first-order chi connectivity index (χ1) is 8.15. The molecule has 8 nitrogen and oxygen atoms in total. The largest absolute Gasteiger partial charge is 0.302 e. The van der Waals surface area contributed by atoms with E-state index in [1.165, 1.54) is 0 Å². The van der Waals surface area contributed by atoms with Gasteiger partial charge < -0.3 is 4.84 Å². The van der Waals surface area contributed by atoms with Crippen molar-refractivity contribution in [3.05, 3.63) is 12.2 Å². The molecule has 1 heterocycles. The minimum atomic E-state index is -0.436. The Bertz CT molecular complexity index is 324. The minimum Gasteiger partial charge on any atom is -0.302 e. The molecule has 0 spiro atoms. The first-order valence-electron chi connectivity index (χ1n) is 4.91. The van der Waals surface area contributed by atoms with Crippen molar-refractivity contribution in [2.75, 3.05) is 19.8 Å². The summed E-state index contributed by atoms with van der Waals surface area (Å²) in [5, 5.41) is 0. The molecule has 0 fully saturated rings. The van der Waals surface area contributed by atoms with Gasteiger partial charge in [-0.3, -0.25) is 24.1 Å². The summed E-state index contributed by atoms with van der Waals surface area (Å²) in [6, 6.07) is 0. The van der Waals surface area contributed by atoms with E-state index in [9.17, 15) is 14.4 Å². The first kappa shape index (κ1) is 13.3. The third kappa shape index (κ3) is 4.31. The zero-order valence-corrected chi connectivity index (χ0v) is 9.05. The molecule has 17 heavy (non-hydrogen) atoms. The topological polar surface area (TPSA) is 111 Å². The fourth-order valence-corrected chi connectivity index (χ4v) is 1.14. The van der Waals surface area contributed by atoms with Crippen LogP contribution < -0.4 is 11.4 Å². The molecule has 1 aliphatic heterocycles. The zero-order valence-electron chi connectivity index (χ0n) is 9.05. The fraction of sp³-hybridized carbons (Fsp3) is 0.444. The van der Waals surface area contributed by atoms with Gasteiger partial charge in [-0.2, -0.15) is 0 Å². The standard InChI is InChI=1S/C9H13N3O5/c10-16-5-6-17-11-7(13)3-4-12-8(14)1-2-9(12)15/h1-2H,3-6,10H2,(H,11,13). The summed E-state index contributed by atoms with van der Waals surface area (Å²) < 4.78 is 0. The van der Waals surface area contributed by atoms with Crippen LogP contribution in [0.1, 0.15) is 6.42 Å². The summed E-state index contributed by atoms with van der Waals surface area (Å²) in [6.45, 7) is 0.284. The van der Waals surface area contributed by atoms with E-state index in [-0.39, 0.29) is 26.2 Å². The second-order valence-electron chi connectivity index (χ2n) is 3.16. The van der Waals surface area contributed by atoms with E-state index in [1.807, 2.05) is 0 Å². The minimum absolute atomic E-state index is 0.0211. The third-order valence-electron chi connectivity index (χ3n) is 1.95. The van der Waals surface area contributed by atoms with Gasteiger partial charge in [-0.15, -0.1) is 0 Å². The number of nitrogens with zero attached hydrogens (tertiary/aromatic N) is 1. The third-order valence-corrected chi connectivity index (χ3v) is 1.95. The van der Waals surface area contributed by atoms with E-state index < -0.39 is 17.7 Å². The number of carbonyl (C=O) groups excluding carboxylic acids is 3. The Morgan fingerprint density at radius 1 is 1.29 bits per heavy atom. The van der Waals surface area contributed by atoms with Gasteiger partial charge in [-0.05, 0) is 0 Å². The molecule has 0 aromatic heterocycles. The summed E-state index contributed by atoms with van der Waals surface area (Å²) in [5.74, 6) is 3.47. The molecule has 0 aliphatic carbocycles. The quantitative estimate of drug-likeness (QED) is 0.311. The van der Waals surface area contributed by atoms with Crippen LogP contribution in [0.25, 0.3) is 0 Å². The molecule has 0 saturated heterocycles. The Morgan fingerprint density at radius 3 is 2.53 bits per heavy atom. The summed E-state index contributed by atoms with van der Waals surface area (Å²) in [4.78, 5) is 43.3. The van der Waals surface area contributed by atoms with E-state index >= 15 is 0 Å². The van der Waals surface area contributed by atoms with Crippen LogP contribution in [0.5, 0.6) is 0 Å². The number of rotatable bonds is 7. The number of hydrogen-bond donors (Lipinski definition) is 2. The maximum atomic E-state index is 11.2. The molecule has 8 heteroatoms. The van der Waals surface area contributed by atoms with Crippen molar-refractivity contribution in [3.8, 4) is 0 Å². The average Bonchev–Trinajstić information content (AvgIpc) is 2.62. The Morgan fingerprint density at radius 2 is 1.94 bits per heavy atom. The van der Waals surface area contributed by atoms with Crippen molar-refractivity contribution in [2.45, 2.75) is 6.42 Å². The van der Waals surface area contributed by atoms with Crippen LogP contribution in [0, 0.1) is 0 Å². The lowest BCUT2D eigenvalue weighted by Gasteiger charge is -2.12. The predicted molar refractivity (Wildman–Crippen MR) is 54.7 cm³/mol. The lowest BCUT2D eigenvalue weighted by molar-refractivity contribution is -0.139. The van der Waals surface area contributed by atoms with Crippen molar-refractivity contribution >= 4 is 17.7 Å². The molecule has 1 rings (SSSR count). The van der Waals surface area contributed by atoms with Crippen molar-refractivity contribution < 1.29 is 24.1 Å². The van der Waals surface area contributed by atoms with E-state index in [1.54, 1.807) is 0 Å². The highest BCUT2D eigenvalue weighted by Gasteiger charge is 2.23. The molecular formula is C9H13N3O5. The van der Waals surface area contributed by atoms with Gasteiger partial charge in [-0.25, -0.2) is 11.4 Å². The van der Waals surface area contributed by atoms with Crippen LogP contribution in [0.3, 0.4) is 0 Å². The van der Waals surface area contributed by atoms with Gasteiger partial charge in [0.25, 0.3) is 11.8 Å². The number of hydrogen-bond acceptors (Lipinski definition) is 6. The van der Waals surface area contributed by atoms with Crippen LogP contribution in [0.2, 0.25) is 0 Å². The summed E-state index contributed by atoms with van der Waals surface area (Å²) in [7, 11) is 0. The lowest BCUT2D eigenvalue weighted by Crippen LogP contribution is -2.35. The molecule has 0 atom stereocenters. The molecule has 0 bridgehead atoms. The molecule has 94 valence electrons. The maximum absolute atomic E-state index is 11.2. The molecule has 0 aromatic carbocycles. The van der Waals surface area contributed by atoms with Gasteiger partial charge in [0, 0.05) is 25.1 Å². The van der Waals surface area contributed by atoms with Gasteiger partial charge in [-0.1, -0.05) is 0 Å². The normalized spacial score (nSPS) is 14.5. The predicted octanol–water partition coefficient (Wildman–Crippen LogP) is -1.76. The van der Waals surface area contributed by atoms with Gasteiger partial charge >= 0.3 is 0 Å². The lowest BCUT2D eigenvalue weighted by atomic mass is 10.4. The zero-order chi connectivity index (χ0) is 12.7. The van der Waals surface area contributed by atoms with Crippen LogP contribution in [-0.2, 0) is 24.1 Å². The maximum Gasteiger partial charge on any atom is 0.253 e. The highest BCUT2D eigenvalue weighted by Crippen LogP contribution is 2.03. The summed E-state index contributed by atoms with van der Waals surface area (Å²) in [6.07, 6.45) is 2.30. The van der Waals surface area contributed by atoms with E-state index in [2.05, 4.69) is 10.3 Å². The van der Waals surface area contributed by atoms with E-state index in [0.717, 1.165) is 17.1 Å². The van der Waals surface area contributed by atoms with Gasteiger partial charge in [0.05, 0.1) is 6.61 Å². The highest BCUT2D eigenvalue weighted by molar-refractivity contribution is 6.13. The molecule has 0 saturated carbocycles. The Balaban J connectivity index is 2.16. The highest BCUT2D eigenvalue weighted by atomic mass is 16.7. The number of imide groups is 1. The van der Waals surface area contributed by atoms with Gasteiger partial charge in [0.15, 0.2) is 0 Å². The second kappa shape index (κ2) is 6.74. The Hall–Kier alpha value is -1.77. The molecule has 3 amide bonds. The first-order valence-corrected chi connectivity index (χ1v) is 4.91. The summed E-state index contributed by atoms with van der Waals surface area (Å²) in [5.41, 5.74) is 2.13. The number of nitrogens with two attached hydrogens (primary N) is 1. The van der Waals surface area contributed by atoms with Crippen LogP contribution in [0.15, 0.2) is 12.2 Å². The summed E-state index contributed by atoms with van der Waals surface area (Å²) >= 11 is 0. The smallest absolute Gasteiger partial charge is 0.253 e. The number of amides is 3. The molecular weight excluding hydrogens is 230 g/mol. The van der Waals surface area contributed by atoms with Crippen molar-refractivity contribution in [3.63, 3.8) is 0 Å². The number of hydroxylamine groups is 1. The van der Waals surface area contributed by atoms with Gasteiger partial charge in [0.1, 0.15) is 6.61 Å². The van der Waals surface area contributed by atoms with Crippen LogP contribution >= 0.6 is 0 Å². The van der Waals surface area contributed by atoms with Crippen LogP contribution in [-0.4, -0.2) is 42.4 Å². The Kier molecular flexibility index (Phi) is 5.27. The molecule has 0 unspecified atom stereocenters. The van der Waals surface area contributed by atoms with Gasteiger partial charge in [0.2, 0.25) is 5.91 Å². The second-order valence-corrected chi connectivity index (χ2v) is 3.16. The molecule has 1 aliphatic rings. The van der Waals surface area contributed by atoms with Crippen molar-refractivity contribution in [1.82, 2.24) is 10.4 Å². The molecule has 0 radical (unpaired) electrons. The fourth-order valence-electron chi connectivity index (χ4n) is 1.14. The van der Waals surface area contributed by atoms with E-state index in [4.69, 9.17) is 10.7 Å². The molecule has 0 aromatic rings.